The van der Waals surface area contributed by atoms with Crippen LogP contribution in [-0.2, 0) is 4.79 Å². The van der Waals surface area contributed by atoms with Gasteiger partial charge in [0.25, 0.3) is 0 Å². The molecule has 0 spiro atoms. The van der Waals surface area contributed by atoms with Gasteiger partial charge in [-0.05, 0) is 25.8 Å². The Morgan fingerprint density at radius 3 is 3.00 bits per heavy atom. The summed E-state index contributed by atoms with van der Waals surface area (Å²) in [6.07, 6.45) is 1.70. The van der Waals surface area contributed by atoms with Gasteiger partial charge >= 0.3 is 0 Å². The number of rotatable bonds is 2. The van der Waals surface area contributed by atoms with Crippen LogP contribution in [0.1, 0.15) is 19.8 Å². The molecule has 3 nitrogen and oxygen atoms in total. The van der Waals surface area contributed by atoms with Crippen LogP contribution in [0.2, 0.25) is 0 Å². The van der Waals surface area contributed by atoms with E-state index in [1.54, 1.807) is 6.92 Å². The molecule has 3 N–H and O–H groups in total. The molecule has 0 radical (unpaired) electrons. The number of carbonyl (C=O) groups is 1. The second-order valence-electron chi connectivity index (χ2n) is 3.32. The minimum Gasteiger partial charge on any atom is -0.326 e. The van der Waals surface area contributed by atoms with Crippen LogP contribution in [0.3, 0.4) is 0 Å². The molecule has 3 heteroatoms. The number of carbonyl (C=O) groups excluding carboxylic acids is 1. The van der Waals surface area contributed by atoms with Crippen molar-refractivity contribution in [2.24, 2.45) is 11.7 Å². The van der Waals surface area contributed by atoms with E-state index < -0.39 is 0 Å². The minimum atomic E-state index is 0.174. The van der Waals surface area contributed by atoms with E-state index in [-0.39, 0.29) is 11.8 Å². The Kier molecular flexibility index (Phi) is 3.02. The number of ketones is 1. The highest BCUT2D eigenvalue weighted by Crippen LogP contribution is 2.14. The van der Waals surface area contributed by atoms with Crippen molar-refractivity contribution in [3.63, 3.8) is 0 Å². The summed E-state index contributed by atoms with van der Waals surface area (Å²) < 4.78 is 0. The molecule has 1 aliphatic heterocycles. The van der Waals surface area contributed by atoms with Crippen LogP contribution in [0.15, 0.2) is 0 Å². The molecule has 64 valence electrons. The third kappa shape index (κ3) is 2.60. The first-order chi connectivity index (χ1) is 5.20. The maximum Gasteiger partial charge on any atom is 0.130 e. The Bertz CT molecular complexity index is 147. The second kappa shape index (κ2) is 3.83. The van der Waals surface area contributed by atoms with E-state index >= 15 is 0 Å². The van der Waals surface area contributed by atoms with Crippen LogP contribution >= 0.6 is 0 Å². The Balaban J connectivity index is 2.35. The smallest absolute Gasteiger partial charge is 0.130 e. The number of hydrogen-bond donors (Lipinski definition) is 2. The van der Waals surface area contributed by atoms with Crippen LogP contribution in [0.5, 0.6) is 0 Å². The molecule has 2 unspecified atom stereocenters. The van der Waals surface area contributed by atoms with Crippen LogP contribution in [0.25, 0.3) is 0 Å². The molecule has 1 saturated heterocycles. The Hall–Kier alpha value is -0.410. The number of hydrogen-bond acceptors (Lipinski definition) is 3. The largest absolute Gasteiger partial charge is 0.326 e. The highest BCUT2D eigenvalue weighted by Gasteiger charge is 2.22. The van der Waals surface area contributed by atoms with Crippen molar-refractivity contribution in [3.8, 4) is 0 Å². The van der Waals surface area contributed by atoms with Crippen molar-refractivity contribution in [2.75, 3.05) is 13.1 Å². The lowest BCUT2D eigenvalue weighted by Crippen LogP contribution is -2.46. The van der Waals surface area contributed by atoms with Gasteiger partial charge in [0.1, 0.15) is 5.78 Å². The summed E-state index contributed by atoms with van der Waals surface area (Å²) in [5, 5.41) is 3.20. The van der Waals surface area contributed by atoms with Crippen LogP contribution in [0.4, 0.5) is 0 Å². The summed E-state index contributed by atoms with van der Waals surface area (Å²) in [6, 6.07) is 0.174. The van der Waals surface area contributed by atoms with Crippen molar-refractivity contribution in [3.05, 3.63) is 0 Å². The Morgan fingerprint density at radius 2 is 2.45 bits per heavy atom. The predicted octanol–water partition coefficient (Wildman–Crippen LogP) is -0.0977. The van der Waals surface area contributed by atoms with Crippen molar-refractivity contribution in [1.29, 1.82) is 0 Å². The van der Waals surface area contributed by atoms with E-state index in [0.29, 0.717) is 12.3 Å². The number of piperidine rings is 1. The van der Waals surface area contributed by atoms with E-state index in [0.717, 1.165) is 19.5 Å². The molecule has 0 aromatic carbocycles. The normalized spacial score (nSPS) is 31.8. The zero-order chi connectivity index (χ0) is 8.27. The van der Waals surface area contributed by atoms with Crippen LogP contribution < -0.4 is 11.1 Å². The van der Waals surface area contributed by atoms with E-state index in [2.05, 4.69) is 5.32 Å². The van der Waals surface area contributed by atoms with Crippen molar-refractivity contribution < 1.29 is 4.79 Å². The average Bonchev–Trinajstić information content (AvgIpc) is 1.93. The topological polar surface area (TPSA) is 55.1 Å². The van der Waals surface area contributed by atoms with Crippen LogP contribution in [0, 0.1) is 5.92 Å². The van der Waals surface area contributed by atoms with Gasteiger partial charge in [0, 0.05) is 19.0 Å². The molecular weight excluding hydrogens is 140 g/mol. The molecular formula is C8H16N2O. The fraction of sp³-hybridized carbons (Fsp3) is 0.875. The third-order valence-corrected chi connectivity index (χ3v) is 2.23. The quantitative estimate of drug-likeness (QED) is 0.587. The molecule has 1 fully saturated rings. The number of nitrogens with two attached hydrogens (primary N) is 1. The lowest BCUT2D eigenvalue weighted by molar-refractivity contribution is -0.118. The first-order valence-corrected chi connectivity index (χ1v) is 4.16. The molecule has 0 bridgehead atoms. The monoisotopic (exact) mass is 156 g/mol. The highest BCUT2D eigenvalue weighted by molar-refractivity contribution is 5.75. The fourth-order valence-corrected chi connectivity index (χ4v) is 1.56. The Labute approximate surface area is 67.3 Å². The van der Waals surface area contributed by atoms with E-state index in [4.69, 9.17) is 5.73 Å². The molecule has 0 saturated carbocycles. The first-order valence-electron chi connectivity index (χ1n) is 4.16. The fourth-order valence-electron chi connectivity index (χ4n) is 1.56. The molecule has 1 aliphatic rings. The molecule has 2 atom stereocenters. The van der Waals surface area contributed by atoms with Crippen molar-refractivity contribution in [1.82, 2.24) is 5.32 Å². The minimum absolute atomic E-state index is 0.174. The maximum absolute atomic E-state index is 10.8. The average molecular weight is 156 g/mol. The standard InChI is InChI=1S/C8H16N2O/c1-6(11)4-7-2-3-10-5-8(7)9/h7-8,10H,2-5,9H2,1H3. The molecule has 0 aromatic heterocycles. The first kappa shape index (κ1) is 8.68. The lowest BCUT2D eigenvalue weighted by Gasteiger charge is -2.28. The van der Waals surface area contributed by atoms with E-state index in [1.807, 2.05) is 0 Å². The van der Waals surface area contributed by atoms with E-state index in [9.17, 15) is 4.79 Å². The van der Waals surface area contributed by atoms with Gasteiger partial charge < -0.3 is 15.8 Å². The van der Waals surface area contributed by atoms with Gasteiger partial charge in [0.05, 0.1) is 0 Å². The second-order valence-corrected chi connectivity index (χ2v) is 3.32. The van der Waals surface area contributed by atoms with Gasteiger partial charge in [-0.2, -0.15) is 0 Å². The molecule has 0 aliphatic carbocycles. The molecule has 0 amide bonds. The maximum atomic E-state index is 10.8. The van der Waals surface area contributed by atoms with Crippen molar-refractivity contribution >= 4 is 5.78 Å². The summed E-state index contributed by atoms with van der Waals surface area (Å²) >= 11 is 0. The lowest BCUT2D eigenvalue weighted by atomic mass is 9.89. The zero-order valence-electron chi connectivity index (χ0n) is 6.97. The predicted molar refractivity (Wildman–Crippen MR) is 44.3 cm³/mol. The van der Waals surface area contributed by atoms with Gasteiger partial charge in [-0.25, -0.2) is 0 Å². The van der Waals surface area contributed by atoms with Gasteiger partial charge in [-0.1, -0.05) is 0 Å². The number of Topliss-reactive ketones (excluding diaryl/α,β-unsaturated/α-hetero) is 1. The summed E-state index contributed by atoms with van der Waals surface area (Å²) in [5.74, 6) is 0.668. The van der Waals surface area contributed by atoms with Gasteiger partial charge in [-0.3, -0.25) is 0 Å². The summed E-state index contributed by atoms with van der Waals surface area (Å²) in [5.41, 5.74) is 5.81. The van der Waals surface area contributed by atoms with Gasteiger partial charge in [0.2, 0.25) is 0 Å². The third-order valence-electron chi connectivity index (χ3n) is 2.23. The van der Waals surface area contributed by atoms with Crippen LogP contribution in [-0.4, -0.2) is 24.9 Å². The summed E-state index contributed by atoms with van der Waals surface area (Å²) in [6.45, 7) is 3.50. The molecule has 1 heterocycles. The Morgan fingerprint density at radius 1 is 1.73 bits per heavy atom. The summed E-state index contributed by atoms with van der Waals surface area (Å²) in [7, 11) is 0. The molecule has 11 heavy (non-hydrogen) atoms. The van der Waals surface area contributed by atoms with Gasteiger partial charge in [-0.15, -0.1) is 0 Å². The summed E-state index contributed by atoms with van der Waals surface area (Å²) in [4.78, 5) is 10.8. The SMILES string of the molecule is CC(=O)CC1CCNCC1N. The number of nitrogens with one attached hydrogen (secondary N) is 1. The molecule has 0 aromatic rings. The molecule has 1 rings (SSSR count). The van der Waals surface area contributed by atoms with Crippen molar-refractivity contribution in [2.45, 2.75) is 25.8 Å². The zero-order valence-corrected chi connectivity index (χ0v) is 6.97. The van der Waals surface area contributed by atoms with Gasteiger partial charge in [0.15, 0.2) is 0 Å². The highest BCUT2D eigenvalue weighted by atomic mass is 16.1. The van der Waals surface area contributed by atoms with E-state index in [1.165, 1.54) is 0 Å².